The Bertz CT molecular complexity index is 3150. The van der Waals surface area contributed by atoms with Crippen LogP contribution in [0.4, 0.5) is 17.1 Å². The molecule has 0 unspecified atom stereocenters. The van der Waals surface area contributed by atoms with Gasteiger partial charge in [0.05, 0.1) is 0 Å². The van der Waals surface area contributed by atoms with E-state index in [0.717, 1.165) is 50.1 Å². The lowest BCUT2D eigenvalue weighted by molar-refractivity contribution is 0.660. The molecule has 0 saturated carbocycles. The first-order valence-corrected chi connectivity index (χ1v) is 19.7. The fourth-order valence-electron chi connectivity index (χ4n) is 9.04. The molecule has 0 atom stereocenters. The van der Waals surface area contributed by atoms with Crippen LogP contribution in [-0.4, -0.2) is 0 Å². The highest BCUT2D eigenvalue weighted by atomic mass is 16.3. The second-order valence-electron chi connectivity index (χ2n) is 15.8. The predicted octanol–water partition coefficient (Wildman–Crippen LogP) is 15.5. The molecule has 11 rings (SSSR count). The second-order valence-corrected chi connectivity index (χ2v) is 15.8. The van der Waals surface area contributed by atoms with Gasteiger partial charge in [-0.3, -0.25) is 0 Å². The van der Waals surface area contributed by atoms with Crippen LogP contribution >= 0.6 is 0 Å². The summed E-state index contributed by atoms with van der Waals surface area (Å²) in [6.45, 7) is 4.70. The number of benzene rings is 9. The van der Waals surface area contributed by atoms with Crippen LogP contribution in [0.15, 0.2) is 205 Å². The molecule has 0 spiro atoms. The summed E-state index contributed by atoms with van der Waals surface area (Å²) in [5, 5.41) is 4.79. The average molecular weight is 730 g/mol. The van der Waals surface area contributed by atoms with E-state index in [4.69, 9.17) is 4.42 Å². The zero-order valence-corrected chi connectivity index (χ0v) is 31.9. The summed E-state index contributed by atoms with van der Waals surface area (Å²) in [5.74, 6) is 0. The molecule has 0 amide bonds. The van der Waals surface area contributed by atoms with Gasteiger partial charge in [-0.1, -0.05) is 153 Å². The quantitative estimate of drug-likeness (QED) is 0.169. The lowest BCUT2D eigenvalue weighted by Crippen LogP contribution is -2.16. The third kappa shape index (κ3) is 5.56. The number of furan rings is 1. The maximum atomic E-state index is 6.17. The largest absolute Gasteiger partial charge is 0.456 e. The molecule has 2 nitrogen and oxygen atoms in total. The Morgan fingerprint density at radius 1 is 0.351 bits per heavy atom. The van der Waals surface area contributed by atoms with Crippen LogP contribution in [0.2, 0.25) is 0 Å². The number of rotatable bonds is 6. The predicted molar refractivity (Wildman–Crippen MR) is 240 cm³/mol. The van der Waals surface area contributed by atoms with Gasteiger partial charge in [-0.15, -0.1) is 0 Å². The zero-order chi connectivity index (χ0) is 38.1. The molecule has 0 radical (unpaired) electrons. The molecule has 0 fully saturated rings. The third-order valence-electron chi connectivity index (χ3n) is 12.1. The van der Waals surface area contributed by atoms with Crippen molar-refractivity contribution in [3.63, 3.8) is 0 Å². The van der Waals surface area contributed by atoms with Gasteiger partial charge >= 0.3 is 0 Å². The molecule has 1 heterocycles. The van der Waals surface area contributed by atoms with Gasteiger partial charge in [0.15, 0.2) is 0 Å². The van der Waals surface area contributed by atoms with Gasteiger partial charge in [0, 0.05) is 33.2 Å². The number of anilines is 3. The molecule has 0 N–H and O–H groups in total. The third-order valence-corrected chi connectivity index (χ3v) is 12.1. The van der Waals surface area contributed by atoms with Crippen LogP contribution < -0.4 is 4.90 Å². The van der Waals surface area contributed by atoms with Gasteiger partial charge in [0.2, 0.25) is 0 Å². The first-order valence-electron chi connectivity index (χ1n) is 19.7. The van der Waals surface area contributed by atoms with Crippen molar-refractivity contribution >= 4 is 49.8 Å². The minimum Gasteiger partial charge on any atom is -0.456 e. The van der Waals surface area contributed by atoms with E-state index < -0.39 is 0 Å². The van der Waals surface area contributed by atoms with Crippen LogP contribution in [-0.2, 0) is 5.41 Å². The molecule has 0 aliphatic heterocycles. The minimum absolute atomic E-state index is 0.110. The van der Waals surface area contributed by atoms with Crippen molar-refractivity contribution in [1.82, 2.24) is 0 Å². The standard InChI is InChI=1S/C55H39NO/c1-55(2)51-16-7-5-14-47(51)48-30-29-46(35-52(48)55)56(45-13-9-12-41(33-45)43-26-31-54-50(34-43)49-15-6-8-17-53(49)57-54)44-27-24-38(25-28-44)37-18-20-39(21-19-37)42-23-22-36-10-3-4-11-40(36)32-42/h3-35H,1-2H3. The smallest absolute Gasteiger partial charge is 0.135 e. The van der Waals surface area contributed by atoms with E-state index in [1.54, 1.807) is 0 Å². The molecule has 1 aliphatic carbocycles. The van der Waals surface area contributed by atoms with Crippen LogP contribution in [0.25, 0.3) is 77.2 Å². The van der Waals surface area contributed by atoms with Crippen LogP contribution in [0.5, 0.6) is 0 Å². The maximum Gasteiger partial charge on any atom is 0.135 e. The molecular weight excluding hydrogens is 691 g/mol. The SMILES string of the molecule is CC1(C)c2ccccc2-c2ccc(N(c3ccc(-c4ccc(-c5ccc6ccccc6c5)cc4)cc3)c3cccc(-c4ccc5oc6ccccc6c5c4)c3)cc21. The Balaban J connectivity index is 0.986. The van der Waals surface area contributed by atoms with E-state index in [2.05, 4.69) is 207 Å². The van der Waals surface area contributed by atoms with Crippen molar-refractivity contribution in [2.75, 3.05) is 4.90 Å². The van der Waals surface area contributed by atoms with Crippen LogP contribution in [0.1, 0.15) is 25.0 Å². The van der Waals surface area contributed by atoms with Gasteiger partial charge in [-0.25, -0.2) is 0 Å². The van der Waals surface area contributed by atoms with E-state index in [-0.39, 0.29) is 5.41 Å². The number of hydrogen-bond acceptors (Lipinski definition) is 2. The number of nitrogens with zero attached hydrogens (tertiary/aromatic N) is 1. The topological polar surface area (TPSA) is 16.4 Å². The second kappa shape index (κ2) is 13.0. The molecule has 2 heteroatoms. The monoisotopic (exact) mass is 729 g/mol. The highest BCUT2D eigenvalue weighted by Crippen LogP contribution is 2.51. The average Bonchev–Trinajstić information content (AvgIpc) is 3.75. The van der Waals surface area contributed by atoms with Crippen LogP contribution in [0, 0.1) is 0 Å². The number of hydrogen-bond donors (Lipinski definition) is 0. The normalized spacial score (nSPS) is 12.9. The lowest BCUT2D eigenvalue weighted by atomic mass is 9.82. The fraction of sp³-hybridized carbons (Fsp3) is 0.0545. The van der Waals surface area contributed by atoms with Crippen molar-refractivity contribution < 1.29 is 4.42 Å². The molecule has 1 aliphatic rings. The van der Waals surface area contributed by atoms with Gasteiger partial charge in [0.1, 0.15) is 11.2 Å². The summed E-state index contributed by atoms with van der Waals surface area (Å²) in [5.41, 5.74) is 17.6. The lowest BCUT2D eigenvalue weighted by Gasteiger charge is -2.28. The summed E-state index contributed by atoms with van der Waals surface area (Å²) < 4.78 is 6.17. The number of para-hydroxylation sites is 1. The Morgan fingerprint density at radius 2 is 0.930 bits per heavy atom. The van der Waals surface area contributed by atoms with Crippen molar-refractivity contribution in [3.8, 4) is 44.5 Å². The summed E-state index contributed by atoms with van der Waals surface area (Å²) in [7, 11) is 0. The van der Waals surface area contributed by atoms with Gasteiger partial charge in [-0.05, 0) is 127 Å². The highest BCUT2D eigenvalue weighted by molar-refractivity contribution is 6.06. The van der Waals surface area contributed by atoms with E-state index in [1.807, 2.05) is 12.1 Å². The Hall–Kier alpha value is -7.16. The fourth-order valence-corrected chi connectivity index (χ4v) is 9.04. The van der Waals surface area contributed by atoms with Gasteiger partial charge < -0.3 is 9.32 Å². The first kappa shape index (κ1) is 33.2. The molecule has 9 aromatic carbocycles. The summed E-state index contributed by atoms with van der Waals surface area (Å²) in [6, 6.07) is 72.8. The van der Waals surface area contributed by atoms with Crippen molar-refractivity contribution in [1.29, 1.82) is 0 Å². The molecule has 1 aromatic heterocycles. The Kier molecular flexibility index (Phi) is 7.55. The van der Waals surface area contributed by atoms with Crippen LogP contribution in [0.3, 0.4) is 0 Å². The highest BCUT2D eigenvalue weighted by Gasteiger charge is 2.35. The first-order chi connectivity index (χ1) is 28.0. The van der Waals surface area contributed by atoms with Gasteiger partial charge in [0.25, 0.3) is 0 Å². The summed E-state index contributed by atoms with van der Waals surface area (Å²) in [4.78, 5) is 2.40. The Morgan fingerprint density at radius 3 is 1.77 bits per heavy atom. The molecular formula is C55H39NO. The van der Waals surface area contributed by atoms with Crippen molar-refractivity contribution in [2.24, 2.45) is 0 Å². The molecule has 0 saturated heterocycles. The molecule has 57 heavy (non-hydrogen) atoms. The summed E-state index contributed by atoms with van der Waals surface area (Å²) >= 11 is 0. The molecule has 0 bridgehead atoms. The summed E-state index contributed by atoms with van der Waals surface area (Å²) in [6.07, 6.45) is 0. The maximum absolute atomic E-state index is 6.17. The van der Waals surface area contributed by atoms with E-state index in [9.17, 15) is 0 Å². The van der Waals surface area contributed by atoms with E-state index >= 15 is 0 Å². The minimum atomic E-state index is -0.110. The van der Waals surface area contributed by atoms with Crippen molar-refractivity contribution in [2.45, 2.75) is 19.3 Å². The molecule has 270 valence electrons. The van der Waals surface area contributed by atoms with E-state index in [0.29, 0.717) is 0 Å². The van der Waals surface area contributed by atoms with Crippen molar-refractivity contribution in [3.05, 3.63) is 211 Å². The van der Waals surface area contributed by atoms with Gasteiger partial charge in [-0.2, -0.15) is 0 Å². The molecule has 10 aromatic rings. The number of fused-ring (bicyclic) bond motifs is 7. The Labute approximate surface area is 332 Å². The van der Waals surface area contributed by atoms with E-state index in [1.165, 1.54) is 55.3 Å². The zero-order valence-electron chi connectivity index (χ0n) is 31.9.